The maximum atomic E-state index is 12.4. The molecule has 4 rings (SSSR count). The number of aromatic nitrogens is 1. The highest BCUT2D eigenvalue weighted by Gasteiger charge is 2.41. The van der Waals surface area contributed by atoms with E-state index in [0.717, 1.165) is 23.4 Å². The molecule has 0 bridgehead atoms. The summed E-state index contributed by atoms with van der Waals surface area (Å²) in [6, 6.07) is 9.15. The highest BCUT2D eigenvalue weighted by Crippen LogP contribution is 2.35. The number of hydrogen-bond donors (Lipinski definition) is 1. The molecular formula is C18H21N3O4S2. The van der Waals surface area contributed by atoms with E-state index in [-0.39, 0.29) is 11.2 Å². The Hall–Kier alpha value is -1.97. The van der Waals surface area contributed by atoms with Gasteiger partial charge in [-0.05, 0) is 31.9 Å². The molecule has 1 unspecified atom stereocenters. The Kier molecular flexibility index (Phi) is 4.92. The third-order valence-electron chi connectivity index (χ3n) is 4.66. The number of thiazole rings is 1. The number of sulfonamides is 1. The Balaban J connectivity index is 1.40. The minimum Gasteiger partial charge on any atom is -0.481 e. The SMILES string of the molecule is CC(Oc1ccccc1)C(=O)Nc1nc2c(s1)CN(S(=O)(=O)C1CC1)CC2. The maximum absolute atomic E-state index is 12.4. The molecule has 1 saturated carbocycles. The van der Waals surface area contributed by atoms with Crippen LogP contribution in [0.1, 0.15) is 30.3 Å². The maximum Gasteiger partial charge on any atom is 0.266 e. The van der Waals surface area contributed by atoms with Crippen molar-refractivity contribution < 1.29 is 17.9 Å². The smallest absolute Gasteiger partial charge is 0.266 e. The minimum absolute atomic E-state index is 0.206. The van der Waals surface area contributed by atoms with Gasteiger partial charge in [-0.1, -0.05) is 18.2 Å². The first-order valence-electron chi connectivity index (χ1n) is 8.93. The molecule has 144 valence electrons. The van der Waals surface area contributed by atoms with E-state index in [1.807, 2.05) is 18.2 Å². The fourth-order valence-corrected chi connectivity index (χ4v) is 5.90. The summed E-state index contributed by atoms with van der Waals surface area (Å²) < 4.78 is 32.0. The predicted octanol–water partition coefficient (Wildman–Crippen LogP) is 2.40. The zero-order valence-electron chi connectivity index (χ0n) is 14.9. The van der Waals surface area contributed by atoms with E-state index >= 15 is 0 Å². The van der Waals surface area contributed by atoms with E-state index in [9.17, 15) is 13.2 Å². The summed E-state index contributed by atoms with van der Waals surface area (Å²) >= 11 is 1.33. The molecule has 2 heterocycles. The quantitative estimate of drug-likeness (QED) is 0.794. The molecule has 1 aromatic carbocycles. The second-order valence-electron chi connectivity index (χ2n) is 6.78. The van der Waals surface area contributed by atoms with Gasteiger partial charge in [0.15, 0.2) is 11.2 Å². The lowest BCUT2D eigenvalue weighted by atomic mass is 10.2. The number of amides is 1. The van der Waals surface area contributed by atoms with Crippen molar-refractivity contribution in [2.45, 2.75) is 44.1 Å². The number of anilines is 1. The largest absolute Gasteiger partial charge is 0.481 e. The zero-order chi connectivity index (χ0) is 19.0. The van der Waals surface area contributed by atoms with Crippen LogP contribution < -0.4 is 10.1 Å². The summed E-state index contributed by atoms with van der Waals surface area (Å²) in [4.78, 5) is 17.7. The van der Waals surface area contributed by atoms with Gasteiger partial charge in [-0.25, -0.2) is 13.4 Å². The molecule has 1 aliphatic carbocycles. The molecule has 9 heteroatoms. The third-order valence-corrected chi connectivity index (χ3v) is 8.00. The van der Waals surface area contributed by atoms with Crippen LogP contribution in [0.3, 0.4) is 0 Å². The average molecular weight is 408 g/mol. The Morgan fingerprint density at radius 1 is 1.33 bits per heavy atom. The highest BCUT2D eigenvalue weighted by atomic mass is 32.2. The highest BCUT2D eigenvalue weighted by molar-refractivity contribution is 7.90. The van der Waals surface area contributed by atoms with E-state index in [1.165, 1.54) is 11.3 Å². The number of para-hydroxylation sites is 1. The Morgan fingerprint density at radius 3 is 2.78 bits per heavy atom. The van der Waals surface area contributed by atoms with Gasteiger partial charge in [-0.3, -0.25) is 10.1 Å². The van der Waals surface area contributed by atoms with Gasteiger partial charge in [0.05, 0.1) is 10.9 Å². The lowest BCUT2D eigenvalue weighted by molar-refractivity contribution is -0.122. The van der Waals surface area contributed by atoms with Crippen LogP contribution in [0.15, 0.2) is 30.3 Å². The standard InChI is InChI=1S/C18H21N3O4S2/c1-12(25-13-5-3-2-4-6-13)17(22)20-18-19-15-9-10-21(11-16(15)26-18)27(23,24)14-7-8-14/h2-6,12,14H,7-11H2,1H3,(H,19,20,22). The van der Waals surface area contributed by atoms with E-state index in [4.69, 9.17) is 4.74 Å². The van der Waals surface area contributed by atoms with Crippen molar-refractivity contribution in [3.05, 3.63) is 40.9 Å². The molecule has 1 aromatic heterocycles. The van der Waals surface area contributed by atoms with Crippen LogP contribution in [-0.4, -0.2) is 41.5 Å². The molecule has 27 heavy (non-hydrogen) atoms. The summed E-state index contributed by atoms with van der Waals surface area (Å²) in [6.07, 6.45) is 1.42. The second-order valence-corrected chi connectivity index (χ2v) is 10.1. The van der Waals surface area contributed by atoms with E-state index < -0.39 is 16.1 Å². The molecule has 1 fully saturated rings. The number of hydrogen-bond acceptors (Lipinski definition) is 6. The van der Waals surface area contributed by atoms with E-state index in [2.05, 4.69) is 10.3 Å². The van der Waals surface area contributed by atoms with Crippen molar-refractivity contribution in [1.29, 1.82) is 0 Å². The molecular weight excluding hydrogens is 386 g/mol. The number of carbonyl (C=O) groups is 1. The summed E-state index contributed by atoms with van der Waals surface area (Å²) in [7, 11) is -3.19. The molecule has 1 amide bonds. The molecule has 0 spiro atoms. The van der Waals surface area contributed by atoms with Gasteiger partial charge in [0.2, 0.25) is 10.0 Å². The molecule has 0 radical (unpaired) electrons. The summed E-state index contributed by atoms with van der Waals surface area (Å²) in [6.45, 7) is 2.48. The second kappa shape index (κ2) is 7.21. The molecule has 0 saturated heterocycles. The number of benzene rings is 1. The average Bonchev–Trinajstić information content (AvgIpc) is 3.43. The van der Waals surface area contributed by atoms with Crippen LogP contribution in [0.4, 0.5) is 5.13 Å². The minimum atomic E-state index is -3.19. The lowest BCUT2D eigenvalue weighted by Gasteiger charge is -2.25. The molecule has 1 atom stereocenters. The van der Waals surface area contributed by atoms with Gasteiger partial charge >= 0.3 is 0 Å². The van der Waals surface area contributed by atoms with Gasteiger partial charge < -0.3 is 4.74 Å². The zero-order valence-corrected chi connectivity index (χ0v) is 16.6. The summed E-state index contributed by atoms with van der Waals surface area (Å²) in [5.74, 6) is 0.340. The van der Waals surface area contributed by atoms with Crippen LogP contribution in [0.5, 0.6) is 5.75 Å². The number of rotatable bonds is 6. The number of nitrogens with one attached hydrogen (secondary N) is 1. The number of nitrogens with zero attached hydrogens (tertiary/aromatic N) is 2. The number of carbonyl (C=O) groups excluding carboxylic acids is 1. The molecule has 2 aliphatic rings. The third kappa shape index (κ3) is 3.99. The van der Waals surface area contributed by atoms with Gasteiger partial charge in [0, 0.05) is 24.4 Å². The first-order valence-corrected chi connectivity index (χ1v) is 11.3. The van der Waals surface area contributed by atoms with Crippen LogP contribution in [0, 0.1) is 0 Å². The predicted molar refractivity (Wildman–Crippen MR) is 103 cm³/mol. The fourth-order valence-electron chi connectivity index (χ4n) is 2.98. The van der Waals surface area contributed by atoms with E-state index in [0.29, 0.717) is 30.4 Å². The molecule has 2 aromatic rings. The number of ether oxygens (including phenoxy) is 1. The van der Waals surface area contributed by atoms with Gasteiger partial charge in [0.1, 0.15) is 5.75 Å². The molecule has 7 nitrogen and oxygen atoms in total. The van der Waals surface area contributed by atoms with Crippen molar-refractivity contribution >= 4 is 32.4 Å². The normalized spacial score (nSPS) is 18.6. The first-order chi connectivity index (χ1) is 12.9. The lowest BCUT2D eigenvalue weighted by Crippen LogP contribution is -2.37. The monoisotopic (exact) mass is 407 g/mol. The van der Waals surface area contributed by atoms with Crippen LogP contribution >= 0.6 is 11.3 Å². The van der Waals surface area contributed by atoms with Crippen LogP contribution in [0.2, 0.25) is 0 Å². The van der Waals surface area contributed by atoms with Crippen LogP contribution in [-0.2, 0) is 27.8 Å². The first kappa shape index (κ1) is 18.4. The van der Waals surface area contributed by atoms with Gasteiger partial charge in [-0.2, -0.15) is 4.31 Å². The van der Waals surface area contributed by atoms with Crippen molar-refractivity contribution in [3.8, 4) is 5.75 Å². The summed E-state index contributed by atoms with van der Waals surface area (Å²) in [5, 5.41) is 3.06. The number of fused-ring (bicyclic) bond motifs is 1. The van der Waals surface area contributed by atoms with Crippen molar-refractivity contribution in [2.75, 3.05) is 11.9 Å². The molecule has 1 aliphatic heterocycles. The van der Waals surface area contributed by atoms with Crippen molar-refractivity contribution in [3.63, 3.8) is 0 Å². The Morgan fingerprint density at radius 2 is 2.07 bits per heavy atom. The van der Waals surface area contributed by atoms with Crippen molar-refractivity contribution in [2.24, 2.45) is 0 Å². The van der Waals surface area contributed by atoms with Crippen molar-refractivity contribution in [1.82, 2.24) is 9.29 Å². The Bertz CT molecular complexity index is 939. The Labute approximate surface area is 162 Å². The van der Waals surface area contributed by atoms with Gasteiger partial charge in [-0.15, -0.1) is 11.3 Å². The van der Waals surface area contributed by atoms with E-state index in [1.54, 1.807) is 23.4 Å². The summed E-state index contributed by atoms with van der Waals surface area (Å²) in [5.41, 5.74) is 0.870. The molecule has 1 N–H and O–H groups in total. The fraction of sp³-hybridized carbons (Fsp3) is 0.444. The van der Waals surface area contributed by atoms with Crippen LogP contribution in [0.25, 0.3) is 0 Å². The topological polar surface area (TPSA) is 88.6 Å². The van der Waals surface area contributed by atoms with Gasteiger partial charge in [0.25, 0.3) is 5.91 Å².